The number of methoxy groups -OCH3 is 1. The highest BCUT2D eigenvalue weighted by Crippen LogP contribution is 2.32. The molecule has 0 unspecified atom stereocenters. The molecule has 136 valence electrons. The number of hydrazone groups is 1. The molecular formula is C16H15ClN4O4S. The van der Waals surface area contributed by atoms with Gasteiger partial charge in [0, 0.05) is 23.2 Å². The first kappa shape index (κ1) is 19.4. The van der Waals surface area contributed by atoms with Crippen LogP contribution in [0.2, 0.25) is 5.02 Å². The van der Waals surface area contributed by atoms with Gasteiger partial charge < -0.3 is 15.2 Å². The summed E-state index contributed by atoms with van der Waals surface area (Å²) in [5.41, 5.74) is 3.14. The molecule has 0 aliphatic rings. The van der Waals surface area contributed by atoms with Crippen LogP contribution in [-0.2, 0) is 6.54 Å². The molecule has 0 aliphatic carbocycles. The van der Waals surface area contributed by atoms with E-state index >= 15 is 0 Å². The topological polar surface area (TPSA) is 109 Å². The molecule has 0 aromatic heterocycles. The smallest absolute Gasteiger partial charge is 0.312 e. The largest absolute Gasteiger partial charge is 0.502 e. The van der Waals surface area contributed by atoms with E-state index in [0.29, 0.717) is 6.54 Å². The van der Waals surface area contributed by atoms with E-state index in [9.17, 15) is 15.2 Å². The van der Waals surface area contributed by atoms with Crippen molar-refractivity contribution in [2.75, 3.05) is 7.11 Å². The molecule has 10 heteroatoms. The van der Waals surface area contributed by atoms with E-state index in [0.717, 1.165) is 17.4 Å². The highest BCUT2D eigenvalue weighted by molar-refractivity contribution is 7.80. The minimum absolute atomic E-state index is 0.0923. The summed E-state index contributed by atoms with van der Waals surface area (Å²) in [5.74, 6) is 0.233. The van der Waals surface area contributed by atoms with Crippen LogP contribution >= 0.6 is 23.8 Å². The first-order chi connectivity index (χ1) is 12.4. The van der Waals surface area contributed by atoms with Crippen LogP contribution in [0, 0.1) is 10.1 Å². The Bertz CT molecular complexity index is 843. The van der Waals surface area contributed by atoms with Gasteiger partial charge in [-0.1, -0.05) is 23.7 Å². The van der Waals surface area contributed by atoms with Crippen LogP contribution in [0.25, 0.3) is 0 Å². The van der Waals surface area contributed by atoms with E-state index < -0.39 is 16.4 Å². The van der Waals surface area contributed by atoms with Gasteiger partial charge in [-0.15, -0.1) is 0 Å². The third-order valence-electron chi connectivity index (χ3n) is 3.26. The molecule has 2 rings (SSSR count). The first-order valence-electron chi connectivity index (χ1n) is 7.27. The Morgan fingerprint density at radius 1 is 1.42 bits per heavy atom. The normalized spacial score (nSPS) is 10.5. The number of phenols is 1. The number of halogens is 1. The molecule has 0 bridgehead atoms. The SMILES string of the molecule is COc1ccc(CNC(=S)N/N=C/c2cc(Cl)cc([N+](=O)[O-])c2O)cc1. The number of hydrogen-bond donors (Lipinski definition) is 3. The molecule has 2 aromatic rings. The van der Waals surface area contributed by atoms with Gasteiger partial charge in [-0.05, 0) is 36.0 Å². The Labute approximate surface area is 159 Å². The molecule has 8 nitrogen and oxygen atoms in total. The fourth-order valence-corrected chi connectivity index (χ4v) is 2.31. The third kappa shape index (κ3) is 5.30. The molecule has 0 spiro atoms. The summed E-state index contributed by atoms with van der Waals surface area (Å²) in [7, 11) is 1.59. The van der Waals surface area contributed by atoms with Crippen molar-refractivity contribution in [2.45, 2.75) is 6.54 Å². The van der Waals surface area contributed by atoms with Gasteiger partial charge >= 0.3 is 5.69 Å². The fourth-order valence-electron chi connectivity index (χ4n) is 1.97. The van der Waals surface area contributed by atoms with E-state index in [-0.39, 0.29) is 15.7 Å². The van der Waals surface area contributed by atoms with Crippen molar-refractivity contribution in [1.29, 1.82) is 0 Å². The summed E-state index contributed by atoms with van der Waals surface area (Å²) in [6, 6.07) is 9.86. The fraction of sp³-hybridized carbons (Fsp3) is 0.125. The molecule has 26 heavy (non-hydrogen) atoms. The zero-order chi connectivity index (χ0) is 19.1. The molecule has 0 heterocycles. The Kier molecular flexibility index (Phi) is 6.70. The van der Waals surface area contributed by atoms with E-state index in [1.54, 1.807) is 7.11 Å². The second-order valence-corrected chi connectivity index (χ2v) is 5.87. The number of nitro benzene ring substituents is 1. The van der Waals surface area contributed by atoms with E-state index in [2.05, 4.69) is 15.8 Å². The van der Waals surface area contributed by atoms with Gasteiger partial charge in [0.1, 0.15) is 5.75 Å². The molecule has 3 N–H and O–H groups in total. The van der Waals surface area contributed by atoms with Crippen molar-refractivity contribution in [3.05, 3.63) is 62.7 Å². The number of rotatable bonds is 6. The van der Waals surface area contributed by atoms with Crippen molar-refractivity contribution in [3.63, 3.8) is 0 Å². The van der Waals surface area contributed by atoms with Crippen LogP contribution in [0.5, 0.6) is 11.5 Å². The summed E-state index contributed by atoms with van der Waals surface area (Å²) < 4.78 is 5.08. The standard InChI is InChI=1S/C16H15ClN4O4S/c1-25-13-4-2-10(3-5-13)8-18-16(26)20-19-9-11-6-12(17)7-14(15(11)22)21(23)24/h2-7,9,22H,8H2,1H3,(H2,18,20,26)/b19-9+. The lowest BCUT2D eigenvalue weighted by atomic mass is 10.2. The lowest BCUT2D eigenvalue weighted by Gasteiger charge is -2.08. The number of nitrogens with one attached hydrogen (secondary N) is 2. The number of aromatic hydroxyl groups is 1. The number of phenolic OH excluding ortho intramolecular Hbond substituents is 1. The number of thiocarbonyl (C=S) groups is 1. The molecule has 0 radical (unpaired) electrons. The summed E-state index contributed by atoms with van der Waals surface area (Å²) in [6.45, 7) is 0.471. The molecule has 0 saturated heterocycles. The summed E-state index contributed by atoms with van der Waals surface area (Å²) in [6.07, 6.45) is 1.19. The predicted molar refractivity (Wildman–Crippen MR) is 103 cm³/mol. The number of hydrogen-bond acceptors (Lipinski definition) is 6. The van der Waals surface area contributed by atoms with Crippen LogP contribution < -0.4 is 15.5 Å². The number of benzene rings is 2. The minimum Gasteiger partial charge on any atom is -0.502 e. The zero-order valence-corrected chi connectivity index (χ0v) is 15.2. The molecule has 0 saturated carbocycles. The number of nitrogens with zero attached hydrogens (tertiary/aromatic N) is 2. The van der Waals surface area contributed by atoms with Gasteiger partial charge in [0.05, 0.1) is 18.2 Å². The average molecular weight is 395 g/mol. The van der Waals surface area contributed by atoms with Crippen molar-refractivity contribution in [3.8, 4) is 11.5 Å². The van der Waals surface area contributed by atoms with Gasteiger partial charge in [0.2, 0.25) is 5.75 Å². The van der Waals surface area contributed by atoms with Crippen molar-refractivity contribution in [1.82, 2.24) is 10.7 Å². The highest BCUT2D eigenvalue weighted by Gasteiger charge is 2.17. The third-order valence-corrected chi connectivity index (χ3v) is 3.72. The number of ether oxygens (including phenoxy) is 1. The maximum absolute atomic E-state index is 10.9. The summed E-state index contributed by atoms with van der Waals surface area (Å²) in [4.78, 5) is 10.1. The molecule has 0 aliphatic heterocycles. The van der Waals surface area contributed by atoms with Crippen LogP contribution in [0.4, 0.5) is 5.69 Å². The van der Waals surface area contributed by atoms with Gasteiger partial charge in [-0.25, -0.2) is 0 Å². The van der Waals surface area contributed by atoms with Crippen LogP contribution in [0.1, 0.15) is 11.1 Å². The van der Waals surface area contributed by atoms with Crippen LogP contribution in [0.3, 0.4) is 0 Å². The maximum Gasteiger partial charge on any atom is 0.312 e. The minimum atomic E-state index is -0.729. The molecule has 0 fully saturated rings. The maximum atomic E-state index is 10.9. The van der Waals surface area contributed by atoms with Crippen LogP contribution in [-0.4, -0.2) is 28.5 Å². The molecule has 2 aromatic carbocycles. The predicted octanol–water partition coefficient (Wildman–Crippen LogP) is 2.96. The van der Waals surface area contributed by atoms with E-state index in [4.69, 9.17) is 28.6 Å². The second-order valence-electron chi connectivity index (χ2n) is 5.02. The summed E-state index contributed by atoms with van der Waals surface area (Å²) >= 11 is 10.9. The Morgan fingerprint density at radius 3 is 2.73 bits per heavy atom. The monoisotopic (exact) mass is 394 g/mol. The molecular weight excluding hydrogens is 380 g/mol. The van der Waals surface area contributed by atoms with E-state index in [1.165, 1.54) is 12.3 Å². The number of nitro groups is 1. The molecule has 0 amide bonds. The van der Waals surface area contributed by atoms with E-state index in [1.807, 2.05) is 24.3 Å². The van der Waals surface area contributed by atoms with Crippen molar-refractivity contribution in [2.24, 2.45) is 5.10 Å². The zero-order valence-electron chi connectivity index (χ0n) is 13.6. The van der Waals surface area contributed by atoms with Gasteiger partial charge in [-0.2, -0.15) is 5.10 Å². The Balaban J connectivity index is 1.93. The second kappa shape index (κ2) is 8.97. The Morgan fingerprint density at radius 2 is 2.12 bits per heavy atom. The van der Waals surface area contributed by atoms with Crippen molar-refractivity contribution < 1.29 is 14.8 Å². The average Bonchev–Trinajstić information content (AvgIpc) is 2.62. The first-order valence-corrected chi connectivity index (χ1v) is 8.06. The quantitative estimate of drug-likeness (QED) is 0.299. The van der Waals surface area contributed by atoms with Gasteiger partial charge in [0.25, 0.3) is 0 Å². The van der Waals surface area contributed by atoms with Gasteiger partial charge in [-0.3, -0.25) is 15.5 Å². The molecule has 0 atom stereocenters. The van der Waals surface area contributed by atoms with Crippen LogP contribution in [0.15, 0.2) is 41.5 Å². The lowest BCUT2D eigenvalue weighted by Crippen LogP contribution is -2.31. The summed E-state index contributed by atoms with van der Waals surface area (Å²) in [5, 5.41) is 27.9. The van der Waals surface area contributed by atoms with Crippen molar-refractivity contribution >= 4 is 40.8 Å². The van der Waals surface area contributed by atoms with Gasteiger partial charge in [0.15, 0.2) is 5.11 Å². The Hall–Kier alpha value is -2.91. The lowest BCUT2D eigenvalue weighted by molar-refractivity contribution is -0.385. The highest BCUT2D eigenvalue weighted by atomic mass is 35.5.